The van der Waals surface area contributed by atoms with Crippen molar-refractivity contribution >= 4 is 11.8 Å². The average molecular weight is 244 g/mol. The van der Waals surface area contributed by atoms with Gasteiger partial charge in [0.2, 0.25) is 0 Å². The minimum atomic E-state index is -0.142. The lowest BCUT2D eigenvalue weighted by Gasteiger charge is -2.35. The zero-order chi connectivity index (χ0) is 12.7. The van der Waals surface area contributed by atoms with E-state index in [9.17, 15) is 9.59 Å². The van der Waals surface area contributed by atoms with Crippen molar-refractivity contribution in [1.29, 1.82) is 0 Å². The second kappa shape index (κ2) is 4.21. The van der Waals surface area contributed by atoms with Crippen LogP contribution in [0.15, 0.2) is 24.3 Å². The smallest absolute Gasteiger partial charge is 0.261 e. The van der Waals surface area contributed by atoms with E-state index in [-0.39, 0.29) is 23.9 Å². The highest BCUT2D eigenvalue weighted by molar-refractivity contribution is 6.21. The summed E-state index contributed by atoms with van der Waals surface area (Å²) in [6.45, 7) is 2.99. The highest BCUT2D eigenvalue weighted by Crippen LogP contribution is 2.28. The molecule has 1 saturated heterocycles. The van der Waals surface area contributed by atoms with Crippen LogP contribution in [0, 0.1) is 0 Å². The lowest BCUT2D eigenvalue weighted by molar-refractivity contribution is 0.0521. The van der Waals surface area contributed by atoms with Crippen LogP contribution in [0.5, 0.6) is 0 Å². The molecule has 1 aromatic carbocycles. The molecule has 1 N–H and O–H groups in total. The molecule has 2 amide bonds. The maximum atomic E-state index is 12.3. The zero-order valence-electron chi connectivity index (χ0n) is 10.3. The van der Waals surface area contributed by atoms with Crippen molar-refractivity contribution in [3.05, 3.63) is 35.4 Å². The zero-order valence-corrected chi connectivity index (χ0v) is 10.3. The summed E-state index contributed by atoms with van der Waals surface area (Å²) in [5.74, 6) is -0.285. The van der Waals surface area contributed by atoms with Gasteiger partial charge in [0.05, 0.1) is 17.2 Å². The van der Waals surface area contributed by atoms with E-state index in [0.29, 0.717) is 11.1 Å². The first kappa shape index (κ1) is 11.4. The van der Waals surface area contributed by atoms with Crippen molar-refractivity contribution in [2.24, 2.45) is 0 Å². The summed E-state index contributed by atoms with van der Waals surface area (Å²) in [6.07, 6.45) is 1.89. The molecule has 0 bridgehead atoms. The van der Waals surface area contributed by atoms with E-state index in [1.54, 1.807) is 24.3 Å². The van der Waals surface area contributed by atoms with Crippen LogP contribution in [0.1, 0.15) is 40.5 Å². The Hall–Kier alpha value is -1.68. The number of carbonyl (C=O) groups is 2. The van der Waals surface area contributed by atoms with Gasteiger partial charge in [-0.05, 0) is 38.4 Å². The number of nitrogens with zero attached hydrogens (tertiary/aromatic N) is 1. The number of nitrogens with one attached hydrogen (secondary N) is 1. The Morgan fingerprint density at radius 3 is 2.33 bits per heavy atom. The molecule has 2 atom stereocenters. The van der Waals surface area contributed by atoms with Gasteiger partial charge in [-0.3, -0.25) is 14.5 Å². The molecule has 0 saturated carbocycles. The molecule has 0 aliphatic carbocycles. The summed E-state index contributed by atoms with van der Waals surface area (Å²) in [6, 6.07) is 7.21. The maximum absolute atomic E-state index is 12.3. The van der Waals surface area contributed by atoms with E-state index in [2.05, 4.69) is 5.32 Å². The Balaban J connectivity index is 1.96. The molecule has 2 aliphatic heterocycles. The topological polar surface area (TPSA) is 49.4 Å². The van der Waals surface area contributed by atoms with Gasteiger partial charge in [-0.25, -0.2) is 0 Å². The molecule has 4 nitrogen and oxygen atoms in total. The summed E-state index contributed by atoms with van der Waals surface area (Å²) in [5.41, 5.74) is 1.08. The molecule has 1 fully saturated rings. The number of carbonyl (C=O) groups excluding carboxylic acids is 2. The fourth-order valence-electron chi connectivity index (χ4n) is 2.89. The minimum Gasteiger partial charge on any atom is -0.312 e. The molecule has 94 valence electrons. The van der Waals surface area contributed by atoms with Gasteiger partial charge in [0.15, 0.2) is 0 Å². The summed E-state index contributed by atoms with van der Waals surface area (Å²) in [5, 5.41) is 3.33. The van der Waals surface area contributed by atoms with Crippen molar-refractivity contribution in [3.63, 3.8) is 0 Å². The van der Waals surface area contributed by atoms with Crippen LogP contribution in [0.3, 0.4) is 0 Å². The Kier molecular flexibility index (Phi) is 2.67. The van der Waals surface area contributed by atoms with E-state index in [0.717, 1.165) is 19.4 Å². The van der Waals surface area contributed by atoms with E-state index < -0.39 is 0 Å². The minimum absolute atomic E-state index is 0.0221. The summed E-state index contributed by atoms with van der Waals surface area (Å²) in [4.78, 5) is 26.1. The van der Waals surface area contributed by atoms with Gasteiger partial charge in [0.25, 0.3) is 11.8 Å². The van der Waals surface area contributed by atoms with Gasteiger partial charge in [0, 0.05) is 6.04 Å². The average Bonchev–Trinajstić information content (AvgIpc) is 2.64. The summed E-state index contributed by atoms with van der Waals surface area (Å²) in [7, 11) is 0. The first-order valence-corrected chi connectivity index (χ1v) is 6.40. The summed E-state index contributed by atoms with van der Waals surface area (Å²) < 4.78 is 0. The van der Waals surface area contributed by atoms with Gasteiger partial charge in [0.1, 0.15) is 0 Å². The van der Waals surface area contributed by atoms with Crippen LogP contribution in [0.25, 0.3) is 0 Å². The Morgan fingerprint density at radius 1 is 1.17 bits per heavy atom. The van der Waals surface area contributed by atoms with E-state index in [1.165, 1.54) is 4.90 Å². The second-order valence-electron chi connectivity index (χ2n) is 4.98. The first-order valence-electron chi connectivity index (χ1n) is 6.40. The monoisotopic (exact) mass is 244 g/mol. The predicted octanol–water partition coefficient (Wildman–Crippen LogP) is 1.42. The molecule has 2 heterocycles. The maximum Gasteiger partial charge on any atom is 0.261 e. The van der Waals surface area contributed by atoms with Gasteiger partial charge in [-0.15, -0.1) is 0 Å². The Bertz CT molecular complexity index is 477. The van der Waals surface area contributed by atoms with E-state index in [4.69, 9.17) is 0 Å². The first-order chi connectivity index (χ1) is 8.70. The quantitative estimate of drug-likeness (QED) is 0.760. The van der Waals surface area contributed by atoms with Crippen LogP contribution >= 0.6 is 0 Å². The lowest BCUT2D eigenvalue weighted by Crippen LogP contribution is -2.54. The number of imide groups is 1. The largest absolute Gasteiger partial charge is 0.312 e. The van der Waals surface area contributed by atoms with Crippen molar-refractivity contribution in [1.82, 2.24) is 10.2 Å². The number of rotatable bonds is 1. The molecule has 0 spiro atoms. The van der Waals surface area contributed by atoms with Crippen LogP contribution in [-0.2, 0) is 0 Å². The number of amides is 2. The molecule has 18 heavy (non-hydrogen) atoms. The van der Waals surface area contributed by atoms with E-state index in [1.807, 2.05) is 6.92 Å². The van der Waals surface area contributed by atoms with Gasteiger partial charge < -0.3 is 5.32 Å². The number of fused-ring (bicyclic) bond motifs is 1. The molecule has 1 aromatic rings. The molecule has 3 rings (SSSR count). The van der Waals surface area contributed by atoms with Crippen molar-refractivity contribution in [2.45, 2.75) is 31.8 Å². The van der Waals surface area contributed by atoms with Crippen LogP contribution in [0.4, 0.5) is 0 Å². The molecular weight excluding hydrogens is 228 g/mol. The SMILES string of the molecule is C[C@@H]1NCCC[C@@H]1N1C(=O)c2ccccc2C1=O. The third-order valence-corrected chi connectivity index (χ3v) is 3.88. The van der Waals surface area contributed by atoms with Crippen molar-refractivity contribution in [2.75, 3.05) is 6.54 Å². The van der Waals surface area contributed by atoms with Crippen molar-refractivity contribution in [3.8, 4) is 0 Å². The van der Waals surface area contributed by atoms with Crippen LogP contribution in [-0.4, -0.2) is 35.3 Å². The molecule has 4 heteroatoms. The molecule has 0 unspecified atom stereocenters. The lowest BCUT2D eigenvalue weighted by atomic mass is 9.98. The number of hydrogen-bond donors (Lipinski definition) is 1. The second-order valence-corrected chi connectivity index (χ2v) is 4.98. The third kappa shape index (κ3) is 1.56. The number of piperidine rings is 1. The highest BCUT2D eigenvalue weighted by atomic mass is 16.2. The third-order valence-electron chi connectivity index (χ3n) is 3.88. The van der Waals surface area contributed by atoms with Crippen LogP contribution < -0.4 is 5.32 Å². The molecule has 0 radical (unpaired) electrons. The number of hydrogen-bond acceptors (Lipinski definition) is 3. The standard InChI is InChI=1S/C14H16N2O2/c1-9-12(7-4-8-15-9)16-13(17)10-5-2-3-6-11(10)14(16)18/h2-3,5-6,9,12,15H,4,7-8H2,1H3/t9-,12-/m0/s1. The van der Waals surface area contributed by atoms with Gasteiger partial charge >= 0.3 is 0 Å². The normalized spacial score (nSPS) is 27.5. The Morgan fingerprint density at radius 2 is 1.78 bits per heavy atom. The fraction of sp³-hybridized carbons (Fsp3) is 0.429. The van der Waals surface area contributed by atoms with Crippen LogP contribution in [0.2, 0.25) is 0 Å². The fourth-order valence-corrected chi connectivity index (χ4v) is 2.89. The number of benzene rings is 1. The van der Waals surface area contributed by atoms with E-state index >= 15 is 0 Å². The molecule has 0 aromatic heterocycles. The molecular formula is C14H16N2O2. The summed E-state index contributed by atoms with van der Waals surface area (Å²) >= 11 is 0. The highest BCUT2D eigenvalue weighted by Gasteiger charge is 2.41. The predicted molar refractivity (Wildman–Crippen MR) is 67.4 cm³/mol. The van der Waals surface area contributed by atoms with Gasteiger partial charge in [-0.1, -0.05) is 12.1 Å². The Labute approximate surface area is 106 Å². The van der Waals surface area contributed by atoms with Gasteiger partial charge in [-0.2, -0.15) is 0 Å². The molecule has 2 aliphatic rings. The van der Waals surface area contributed by atoms with Crippen molar-refractivity contribution < 1.29 is 9.59 Å².